The third-order valence-electron chi connectivity index (χ3n) is 3.48. The van der Waals surface area contributed by atoms with Crippen molar-refractivity contribution < 1.29 is 9.53 Å². The van der Waals surface area contributed by atoms with Crippen LogP contribution in [-0.4, -0.2) is 57.2 Å². The molecule has 1 aliphatic heterocycles. The van der Waals surface area contributed by atoms with Crippen LogP contribution in [0.3, 0.4) is 0 Å². The first kappa shape index (κ1) is 14.4. The van der Waals surface area contributed by atoms with Gasteiger partial charge in [-0.15, -0.1) is 0 Å². The summed E-state index contributed by atoms with van der Waals surface area (Å²) in [5.74, 6) is 0.728. The highest BCUT2D eigenvalue weighted by atomic mass is 16.5. The zero-order valence-corrected chi connectivity index (χ0v) is 10.9. The molecule has 1 aliphatic rings. The van der Waals surface area contributed by atoms with Gasteiger partial charge in [0.05, 0.1) is 0 Å². The van der Waals surface area contributed by atoms with Crippen LogP contribution >= 0.6 is 0 Å². The number of ether oxygens (including phenoxy) is 1. The molecule has 17 heavy (non-hydrogen) atoms. The van der Waals surface area contributed by atoms with Crippen LogP contribution in [0.15, 0.2) is 0 Å². The van der Waals surface area contributed by atoms with Gasteiger partial charge in [0.15, 0.2) is 0 Å². The summed E-state index contributed by atoms with van der Waals surface area (Å²) in [5.41, 5.74) is 5.74. The summed E-state index contributed by atoms with van der Waals surface area (Å²) in [5, 5.41) is 2.65. The molecule has 0 bridgehead atoms. The smallest absolute Gasteiger partial charge is 0.221 e. The van der Waals surface area contributed by atoms with Crippen LogP contribution in [0.4, 0.5) is 0 Å². The Hall–Kier alpha value is -0.650. The van der Waals surface area contributed by atoms with Crippen molar-refractivity contribution in [2.24, 2.45) is 11.7 Å². The summed E-state index contributed by atoms with van der Waals surface area (Å²) in [6.45, 7) is 3.25. The SMILES string of the molecule is CNC(=O)CC(CN)N(C)CC1CCOCC1. The van der Waals surface area contributed by atoms with Gasteiger partial charge < -0.3 is 20.7 Å². The van der Waals surface area contributed by atoms with Crippen molar-refractivity contribution in [1.29, 1.82) is 0 Å². The Morgan fingerprint density at radius 1 is 1.53 bits per heavy atom. The Bertz CT molecular complexity index is 230. The highest BCUT2D eigenvalue weighted by molar-refractivity contribution is 5.76. The molecule has 1 amide bonds. The van der Waals surface area contributed by atoms with Gasteiger partial charge in [-0.1, -0.05) is 0 Å². The molecule has 0 radical (unpaired) electrons. The highest BCUT2D eigenvalue weighted by Crippen LogP contribution is 2.17. The zero-order chi connectivity index (χ0) is 12.7. The quantitative estimate of drug-likeness (QED) is 0.678. The second-order valence-corrected chi connectivity index (χ2v) is 4.76. The average molecular weight is 243 g/mol. The third kappa shape index (κ3) is 5.02. The van der Waals surface area contributed by atoms with E-state index in [1.165, 1.54) is 0 Å². The lowest BCUT2D eigenvalue weighted by Gasteiger charge is -2.31. The number of hydrogen-bond acceptors (Lipinski definition) is 4. The van der Waals surface area contributed by atoms with Crippen LogP contribution in [0.5, 0.6) is 0 Å². The van der Waals surface area contributed by atoms with Crippen LogP contribution in [0.2, 0.25) is 0 Å². The number of likely N-dealkylation sites (N-methyl/N-ethyl adjacent to an activating group) is 1. The predicted octanol–water partition coefficient (Wildman–Crippen LogP) is -0.192. The number of carbonyl (C=O) groups is 1. The molecule has 0 aromatic heterocycles. The molecule has 5 heteroatoms. The molecular weight excluding hydrogens is 218 g/mol. The fourth-order valence-electron chi connectivity index (χ4n) is 2.22. The van der Waals surface area contributed by atoms with Gasteiger partial charge in [0, 0.05) is 45.8 Å². The van der Waals surface area contributed by atoms with E-state index in [1.54, 1.807) is 7.05 Å². The Morgan fingerprint density at radius 3 is 2.71 bits per heavy atom. The van der Waals surface area contributed by atoms with Gasteiger partial charge in [-0.05, 0) is 25.8 Å². The molecule has 1 atom stereocenters. The van der Waals surface area contributed by atoms with Crippen molar-refractivity contribution in [2.75, 3.05) is 40.4 Å². The number of carbonyl (C=O) groups excluding carboxylic acids is 1. The third-order valence-corrected chi connectivity index (χ3v) is 3.48. The maximum Gasteiger partial charge on any atom is 0.221 e. The molecule has 0 aliphatic carbocycles. The molecular formula is C12H25N3O2. The first-order valence-electron chi connectivity index (χ1n) is 6.36. The average Bonchev–Trinajstić information content (AvgIpc) is 2.36. The minimum absolute atomic E-state index is 0.0549. The van der Waals surface area contributed by atoms with Gasteiger partial charge in [0.1, 0.15) is 0 Å². The molecule has 100 valence electrons. The summed E-state index contributed by atoms with van der Waals surface area (Å²) in [7, 11) is 3.71. The van der Waals surface area contributed by atoms with Gasteiger partial charge in [0.25, 0.3) is 0 Å². The first-order chi connectivity index (χ1) is 8.17. The van der Waals surface area contributed by atoms with Crippen LogP contribution in [0.25, 0.3) is 0 Å². The van der Waals surface area contributed by atoms with Gasteiger partial charge in [0.2, 0.25) is 5.91 Å². The topological polar surface area (TPSA) is 67.6 Å². The fourth-order valence-corrected chi connectivity index (χ4v) is 2.22. The summed E-state index contributed by atoms with van der Waals surface area (Å²) < 4.78 is 5.34. The number of rotatable bonds is 6. The molecule has 0 aromatic rings. The van der Waals surface area contributed by atoms with Gasteiger partial charge in [-0.2, -0.15) is 0 Å². The Morgan fingerprint density at radius 2 is 2.18 bits per heavy atom. The molecule has 1 saturated heterocycles. The Balaban J connectivity index is 2.36. The standard InChI is InChI=1S/C12H25N3O2/c1-14-12(16)7-11(8-13)15(2)9-10-3-5-17-6-4-10/h10-11H,3-9,13H2,1-2H3,(H,14,16). The summed E-state index contributed by atoms with van der Waals surface area (Å²) in [6.07, 6.45) is 2.70. The molecule has 1 heterocycles. The van der Waals surface area contributed by atoms with Crippen molar-refractivity contribution in [3.63, 3.8) is 0 Å². The van der Waals surface area contributed by atoms with E-state index in [9.17, 15) is 4.79 Å². The van der Waals surface area contributed by atoms with E-state index in [0.717, 1.165) is 32.6 Å². The number of nitrogens with zero attached hydrogens (tertiary/aromatic N) is 1. The van der Waals surface area contributed by atoms with Crippen molar-refractivity contribution >= 4 is 5.91 Å². The molecule has 5 nitrogen and oxygen atoms in total. The minimum Gasteiger partial charge on any atom is -0.381 e. The van der Waals surface area contributed by atoms with E-state index in [0.29, 0.717) is 18.9 Å². The lowest BCUT2D eigenvalue weighted by molar-refractivity contribution is -0.121. The lowest BCUT2D eigenvalue weighted by atomic mass is 9.99. The van der Waals surface area contributed by atoms with E-state index in [4.69, 9.17) is 10.5 Å². The van der Waals surface area contributed by atoms with Gasteiger partial charge >= 0.3 is 0 Å². The molecule has 1 fully saturated rings. The maximum absolute atomic E-state index is 11.4. The van der Waals surface area contributed by atoms with E-state index in [1.807, 2.05) is 0 Å². The molecule has 1 rings (SSSR count). The van der Waals surface area contributed by atoms with Crippen LogP contribution in [0.1, 0.15) is 19.3 Å². The van der Waals surface area contributed by atoms with Crippen LogP contribution in [0, 0.1) is 5.92 Å². The summed E-state index contributed by atoms with van der Waals surface area (Å²) in [4.78, 5) is 13.6. The predicted molar refractivity (Wildman–Crippen MR) is 67.7 cm³/mol. The summed E-state index contributed by atoms with van der Waals surface area (Å²) >= 11 is 0. The Kier molecular flexibility index (Phi) is 6.47. The number of nitrogens with one attached hydrogen (secondary N) is 1. The fraction of sp³-hybridized carbons (Fsp3) is 0.917. The maximum atomic E-state index is 11.4. The first-order valence-corrected chi connectivity index (χ1v) is 6.36. The van der Waals surface area contributed by atoms with Crippen LogP contribution < -0.4 is 11.1 Å². The normalized spacial score (nSPS) is 19.3. The van der Waals surface area contributed by atoms with Crippen molar-refractivity contribution in [3.05, 3.63) is 0 Å². The van der Waals surface area contributed by atoms with Crippen molar-refractivity contribution in [2.45, 2.75) is 25.3 Å². The van der Waals surface area contributed by atoms with E-state index < -0.39 is 0 Å². The molecule has 1 unspecified atom stereocenters. The number of amides is 1. The van der Waals surface area contributed by atoms with E-state index in [2.05, 4.69) is 17.3 Å². The zero-order valence-electron chi connectivity index (χ0n) is 10.9. The van der Waals surface area contributed by atoms with Crippen molar-refractivity contribution in [1.82, 2.24) is 10.2 Å². The monoisotopic (exact) mass is 243 g/mol. The minimum atomic E-state index is 0.0549. The second kappa shape index (κ2) is 7.63. The van der Waals surface area contributed by atoms with Crippen molar-refractivity contribution in [3.8, 4) is 0 Å². The number of nitrogens with two attached hydrogens (primary N) is 1. The lowest BCUT2D eigenvalue weighted by Crippen LogP contribution is -2.44. The molecule has 0 aromatic carbocycles. The highest BCUT2D eigenvalue weighted by Gasteiger charge is 2.21. The largest absolute Gasteiger partial charge is 0.381 e. The molecule has 3 N–H and O–H groups in total. The van der Waals surface area contributed by atoms with E-state index >= 15 is 0 Å². The van der Waals surface area contributed by atoms with E-state index in [-0.39, 0.29) is 11.9 Å². The number of hydrogen-bond donors (Lipinski definition) is 2. The Labute approximate surface area is 104 Å². The van der Waals surface area contributed by atoms with Gasteiger partial charge in [-0.3, -0.25) is 4.79 Å². The van der Waals surface area contributed by atoms with Gasteiger partial charge in [-0.25, -0.2) is 0 Å². The molecule has 0 saturated carbocycles. The second-order valence-electron chi connectivity index (χ2n) is 4.76. The summed E-state index contributed by atoms with van der Waals surface area (Å²) in [6, 6.07) is 0.137. The molecule has 0 spiro atoms. The van der Waals surface area contributed by atoms with Crippen LogP contribution in [-0.2, 0) is 9.53 Å².